The maximum absolute atomic E-state index is 14.5. The molecule has 0 radical (unpaired) electrons. The Kier molecular flexibility index (Phi) is 7.95. The van der Waals surface area contributed by atoms with Crippen LogP contribution < -0.4 is 10.1 Å². The average molecular weight is 649 g/mol. The second-order valence-corrected chi connectivity index (χ2v) is 13.0. The summed E-state index contributed by atoms with van der Waals surface area (Å²) in [5.41, 5.74) is 1.64. The van der Waals surface area contributed by atoms with E-state index in [1.807, 2.05) is 0 Å². The number of benzene rings is 1. The monoisotopic (exact) mass is 648 g/mol. The Morgan fingerprint density at radius 2 is 2.05 bits per heavy atom. The highest BCUT2D eigenvalue weighted by molar-refractivity contribution is 7.89. The van der Waals surface area contributed by atoms with Gasteiger partial charge in [-0.15, -0.1) is 0 Å². The van der Waals surface area contributed by atoms with Gasteiger partial charge < -0.3 is 24.3 Å². The third-order valence-electron chi connectivity index (χ3n) is 6.81. The van der Waals surface area contributed by atoms with Gasteiger partial charge in [0.15, 0.2) is 16.6 Å². The third kappa shape index (κ3) is 6.21. The minimum Gasteiger partial charge on any atom is -0.464 e. The highest BCUT2D eigenvalue weighted by Gasteiger charge is 2.32. The molecule has 0 unspecified atom stereocenters. The molecule has 1 fully saturated rings. The number of imidazole rings is 1. The number of phosphoric ester groups is 1. The number of oxazole rings is 1. The lowest BCUT2D eigenvalue weighted by molar-refractivity contribution is 0.0799. The zero-order valence-electron chi connectivity index (χ0n) is 23.0. The Bertz CT molecular complexity index is 1970. The average Bonchev–Trinajstić information content (AvgIpc) is 3.70. The van der Waals surface area contributed by atoms with E-state index in [-0.39, 0.29) is 35.2 Å². The number of anilines is 1. The zero-order chi connectivity index (χ0) is 31.1. The highest BCUT2D eigenvalue weighted by atomic mass is 32.2. The summed E-state index contributed by atoms with van der Waals surface area (Å²) < 4.78 is 71.0. The van der Waals surface area contributed by atoms with Crippen LogP contribution in [-0.2, 0) is 26.2 Å². The first-order chi connectivity index (χ1) is 21.0. The molecule has 232 valence electrons. The molecule has 1 aromatic carbocycles. The van der Waals surface area contributed by atoms with E-state index in [1.165, 1.54) is 39.6 Å². The van der Waals surface area contributed by atoms with Crippen molar-refractivity contribution in [2.24, 2.45) is 7.05 Å². The quantitative estimate of drug-likeness (QED) is 0.148. The first-order valence-electron chi connectivity index (χ1n) is 13.2. The van der Waals surface area contributed by atoms with Crippen LogP contribution in [0.4, 0.5) is 10.3 Å². The molecule has 1 aliphatic heterocycles. The van der Waals surface area contributed by atoms with Crippen LogP contribution in [0.1, 0.15) is 12.8 Å². The Balaban J connectivity index is 1.27. The molecule has 1 atom stereocenters. The van der Waals surface area contributed by atoms with Crippen LogP contribution in [-0.4, -0.2) is 77.6 Å². The molecule has 3 N–H and O–H groups in total. The van der Waals surface area contributed by atoms with Gasteiger partial charge in [0.1, 0.15) is 17.7 Å². The standard InChI is InChI=1S/C25H26FN8O8PS/c1-32-10-7-21(31-32)44(38,39)33-9-2-3-17(14-33)28-24-27-8-6-19(29-24)23-22(30-25-34(23)11-12-40-25)16-4-5-18(26)20(13-16)41-15-42-43(35,36)37/h4-8,10-13,17H,2-3,9,14-15H2,1H3,(H,27,28,29)(H2,35,36,37)/t17-/m1/s1. The van der Waals surface area contributed by atoms with E-state index < -0.39 is 30.5 Å². The maximum atomic E-state index is 14.5. The number of aryl methyl sites for hydroxylation is 1. The summed E-state index contributed by atoms with van der Waals surface area (Å²) in [6.45, 7) is -0.323. The molecule has 0 amide bonds. The first kappa shape index (κ1) is 29.9. The first-order valence-corrected chi connectivity index (χ1v) is 16.1. The Labute approximate surface area is 249 Å². The fourth-order valence-electron chi connectivity index (χ4n) is 4.84. The number of aromatic nitrogens is 6. The normalized spacial score (nSPS) is 16.4. The van der Waals surface area contributed by atoms with Crippen molar-refractivity contribution in [3.63, 3.8) is 0 Å². The van der Waals surface area contributed by atoms with Gasteiger partial charge in [0.05, 0.1) is 5.69 Å². The van der Waals surface area contributed by atoms with Gasteiger partial charge in [0.25, 0.3) is 10.0 Å². The van der Waals surface area contributed by atoms with E-state index in [9.17, 15) is 17.4 Å². The van der Waals surface area contributed by atoms with Gasteiger partial charge in [-0.05, 0) is 43.2 Å². The number of nitrogens with zero attached hydrogens (tertiary/aromatic N) is 7. The number of piperidine rings is 1. The number of rotatable bonds is 10. The molecular weight excluding hydrogens is 622 g/mol. The molecule has 44 heavy (non-hydrogen) atoms. The van der Waals surface area contributed by atoms with Crippen LogP contribution >= 0.6 is 7.82 Å². The lowest BCUT2D eigenvalue weighted by atomic mass is 10.1. The predicted octanol–water partition coefficient (Wildman–Crippen LogP) is 2.63. The number of nitrogens with one attached hydrogen (secondary N) is 1. The van der Waals surface area contributed by atoms with Crippen molar-refractivity contribution >= 4 is 29.6 Å². The molecule has 0 spiro atoms. The Hall–Kier alpha value is -4.19. The van der Waals surface area contributed by atoms with E-state index in [1.54, 1.807) is 29.9 Å². The molecule has 0 aliphatic carbocycles. The van der Waals surface area contributed by atoms with Crippen LogP contribution in [0.15, 0.2) is 64.6 Å². The number of ether oxygens (including phenoxy) is 1. The summed E-state index contributed by atoms with van der Waals surface area (Å²) in [6, 6.07) is 6.72. The second-order valence-electron chi connectivity index (χ2n) is 9.83. The molecule has 5 aromatic rings. The minimum absolute atomic E-state index is 0.0139. The van der Waals surface area contributed by atoms with Gasteiger partial charge in [-0.25, -0.2) is 31.9 Å². The van der Waals surface area contributed by atoms with E-state index in [0.717, 1.165) is 6.07 Å². The second kappa shape index (κ2) is 11.7. The summed E-state index contributed by atoms with van der Waals surface area (Å²) in [4.78, 5) is 31.3. The third-order valence-corrected chi connectivity index (χ3v) is 9.01. The Morgan fingerprint density at radius 3 is 2.82 bits per heavy atom. The molecule has 0 saturated carbocycles. The molecule has 1 aliphatic rings. The van der Waals surface area contributed by atoms with Gasteiger partial charge in [-0.1, -0.05) is 0 Å². The topological polar surface area (TPSA) is 199 Å². The van der Waals surface area contributed by atoms with Gasteiger partial charge in [-0.2, -0.15) is 14.4 Å². The predicted molar refractivity (Wildman–Crippen MR) is 151 cm³/mol. The fourth-order valence-corrected chi connectivity index (χ4v) is 6.50. The summed E-state index contributed by atoms with van der Waals surface area (Å²) >= 11 is 0. The molecule has 4 aromatic heterocycles. The van der Waals surface area contributed by atoms with Crippen LogP contribution in [0.2, 0.25) is 0 Å². The Morgan fingerprint density at radius 1 is 1.20 bits per heavy atom. The largest absolute Gasteiger partial charge is 0.472 e. The van der Waals surface area contributed by atoms with Crippen molar-refractivity contribution in [1.29, 1.82) is 0 Å². The van der Waals surface area contributed by atoms with Crippen LogP contribution in [0.25, 0.3) is 28.5 Å². The smallest absolute Gasteiger partial charge is 0.464 e. The zero-order valence-corrected chi connectivity index (χ0v) is 24.7. The van der Waals surface area contributed by atoms with Gasteiger partial charge >= 0.3 is 13.7 Å². The molecule has 1 saturated heterocycles. The molecule has 0 bridgehead atoms. The lowest BCUT2D eigenvalue weighted by Crippen LogP contribution is -2.45. The van der Waals surface area contributed by atoms with Crippen LogP contribution in [0.5, 0.6) is 5.75 Å². The SMILES string of the molecule is Cn1ccc(S(=O)(=O)N2CCC[C@@H](Nc3nccc(-c4c(-c5ccc(F)c(OCOP(=O)(O)O)c5)nc5occn45)n3)C2)n1. The summed E-state index contributed by atoms with van der Waals surface area (Å²) in [7, 11) is -6.94. The van der Waals surface area contributed by atoms with E-state index in [2.05, 4.69) is 29.9 Å². The molecular formula is C25H26FN8O8PS. The number of hydrogen-bond donors (Lipinski definition) is 3. The van der Waals surface area contributed by atoms with Crippen LogP contribution in [0.3, 0.4) is 0 Å². The summed E-state index contributed by atoms with van der Waals surface area (Å²) in [5.74, 6) is -0.624. The van der Waals surface area contributed by atoms with E-state index >= 15 is 0 Å². The molecule has 6 rings (SSSR count). The highest BCUT2D eigenvalue weighted by Crippen LogP contribution is 2.37. The van der Waals surface area contributed by atoms with Gasteiger partial charge in [0, 0.05) is 50.3 Å². The van der Waals surface area contributed by atoms with E-state index in [4.69, 9.17) is 18.9 Å². The lowest BCUT2D eigenvalue weighted by Gasteiger charge is -2.31. The number of phosphoric acid groups is 1. The fraction of sp³-hybridized carbons (Fsp3) is 0.280. The summed E-state index contributed by atoms with van der Waals surface area (Å²) in [6.07, 6.45) is 7.50. The van der Waals surface area contributed by atoms with Crippen molar-refractivity contribution in [2.45, 2.75) is 23.9 Å². The van der Waals surface area contributed by atoms with Crippen molar-refractivity contribution in [3.8, 4) is 28.4 Å². The number of hydrogen-bond acceptors (Lipinski definition) is 11. The molecule has 16 nitrogen and oxygen atoms in total. The van der Waals surface area contributed by atoms with Crippen molar-refractivity contribution in [2.75, 3.05) is 25.2 Å². The van der Waals surface area contributed by atoms with Crippen molar-refractivity contribution < 1.29 is 40.8 Å². The van der Waals surface area contributed by atoms with Crippen molar-refractivity contribution in [3.05, 3.63) is 61.0 Å². The maximum Gasteiger partial charge on any atom is 0.472 e. The number of halogens is 1. The number of sulfonamides is 1. The van der Waals surface area contributed by atoms with Gasteiger partial charge in [0.2, 0.25) is 12.7 Å². The van der Waals surface area contributed by atoms with Crippen LogP contribution in [0, 0.1) is 5.82 Å². The van der Waals surface area contributed by atoms with E-state index in [0.29, 0.717) is 42.0 Å². The molecule has 19 heteroatoms. The minimum atomic E-state index is -4.82. The molecule has 5 heterocycles. The number of fused-ring (bicyclic) bond motifs is 1. The van der Waals surface area contributed by atoms with Gasteiger partial charge in [-0.3, -0.25) is 9.08 Å². The van der Waals surface area contributed by atoms with Crippen molar-refractivity contribution in [1.82, 2.24) is 33.4 Å². The summed E-state index contributed by atoms with van der Waals surface area (Å²) in [5, 5.41) is 7.28.